The molecule has 1 N–H and O–H groups in total. The number of benzene rings is 1. The van der Waals surface area contributed by atoms with E-state index >= 15 is 0 Å². The number of hydrogen-bond acceptors (Lipinski definition) is 4. The minimum Gasteiger partial charge on any atom is -0.497 e. The van der Waals surface area contributed by atoms with Crippen molar-refractivity contribution in [3.63, 3.8) is 0 Å². The highest BCUT2D eigenvalue weighted by molar-refractivity contribution is 9.10. The first-order valence-corrected chi connectivity index (χ1v) is 7.95. The Hall–Kier alpha value is -1.62. The van der Waals surface area contributed by atoms with Gasteiger partial charge in [0.25, 0.3) is 0 Å². The predicted molar refractivity (Wildman–Crippen MR) is 86.9 cm³/mol. The van der Waals surface area contributed by atoms with Gasteiger partial charge >= 0.3 is 0 Å². The van der Waals surface area contributed by atoms with Crippen molar-refractivity contribution in [1.82, 2.24) is 9.97 Å². The molecule has 0 saturated heterocycles. The van der Waals surface area contributed by atoms with Crippen molar-refractivity contribution in [2.24, 2.45) is 0 Å². The number of hydrogen-bond donors (Lipinski definition) is 1. The summed E-state index contributed by atoms with van der Waals surface area (Å²) in [4.78, 5) is 9.02. The smallest absolute Gasteiger partial charge is 0.135 e. The molecule has 0 radical (unpaired) electrons. The van der Waals surface area contributed by atoms with Gasteiger partial charge in [-0.25, -0.2) is 9.97 Å². The summed E-state index contributed by atoms with van der Waals surface area (Å²) in [6.07, 6.45) is 3.34. The van der Waals surface area contributed by atoms with Crippen molar-refractivity contribution in [3.05, 3.63) is 46.3 Å². The molecule has 0 spiro atoms. The fourth-order valence-electron chi connectivity index (χ4n) is 2.21. The van der Waals surface area contributed by atoms with Crippen molar-refractivity contribution in [2.45, 2.75) is 25.2 Å². The lowest BCUT2D eigenvalue weighted by Gasteiger charge is -2.08. The molecule has 4 nitrogen and oxygen atoms in total. The number of anilines is 1. The van der Waals surface area contributed by atoms with Crippen LogP contribution in [-0.4, -0.2) is 23.6 Å². The number of aromatic nitrogens is 2. The Balaban J connectivity index is 1.59. The molecule has 1 saturated carbocycles. The molecule has 3 rings (SSSR count). The van der Waals surface area contributed by atoms with Gasteiger partial charge in [-0.05, 0) is 52.9 Å². The minimum absolute atomic E-state index is 0.557. The van der Waals surface area contributed by atoms with Gasteiger partial charge in [0.05, 0.1) is 7.11 Å². The van der Waals surface area contributed by atoms with Gasteiger partial charge in [-0.2, -0.15) is 0 Å². The van der Waals surface area contributed by atoms with E-state index in [1.807, 2.05) is 18.2 Å². The van der Waals surface area contributed by atoms with E-state index in [1.54, 1.807) is 7.11 Å². The third-order valence-corrected chi connectivity index (χ3v) is 3.91. The zero-order valence-corrected chi connectivity index (χ0v) is 13.6. The largest absolute Gasteiger partial charge is 0.497 e. The molecule has 1 aliphatic carbocycles. The summed E-state index contributed by atoms with van der Waals surface area (Å²) < 4.78 is 6.09. The van der Waals surface area contributed by atoms with Gasteiger partial charge in [0.15, 0.2) is 0 Å². The molecular weight excluding hydrogens is 330 g/mol. The van der Waals surface area contributed by atoms with Crippen LogP contribution in [0.5, 0.6) is 5.75 Å². The van der Waals surface area contributed by atoms with Crippen LogP contribution in [0.25, 0.3) is 0 Å². The standard InChI is InChI=1S/C16H18BrN3O/c1-21-13-4-2-3-11(9-13)7-8-18-15-10-14(17)19-16(20-15)12-5-6-12/h2-4,9-10,12H,5-8H2,1H3,(H,18,19,20). The Labute approximate surface area is 133 Å². The second-order valence-electron chi connectivity index (χ2n) is 5.24. The number of methoxy groups -OCH3 is 1. The van der Waals surface area contributed by atoms with Crippen LogP contribution >= 0.6 is 15.9 Å². The first-order chi connectivity index (χ1) is 10.2. The normalized spacial score (nSPS) is 14.0. The van der Waals surface area contributed by atoms with Crippen LogP contribution in [-0.2, 0) is 6.42 Å². The second kappa shape index (κ2) is 6.43. The summed E-state index contributed by atoms with van der Waals surface area (Å²) in [6, 6.07) is 10.1. The molecule has 0 amide bonds. The molecule has 1 aliphatic rings. The van der Waals surface area contributed by atoms with Gasteiger partial charge in [-0.3, -0.25) is 0 Å². The van der Waals surface area contributed by atoms with E-state index in [2.05, 4.69) is 43.3 Å². The van der Waals surface area contributed by atoms with E-state index in [4.69, 9.17) is 4.74 Å². The minimum atomic E-state index is 0.557. The Morgan fingerprint density at radius 2 is 2.14 bits per heavy atom. The molecule has 0 atom stereocenters. The van der Waals surface area contributed by atoms with Crippen LogP contribution in [0.1, 0.15) is 30.1 Å². The zero-order valence-electron chi connectivity index (χ0n) is 12.0. The molecule has 0 aliphatic heterocycles. The molecule has 1 heterocycles. The lowest BCUT2D eigenvalue weighted by molar-refractivity contribution is 0.414. The Kier molecular flexibility index (Phi) is 4.39. The lowest BCUT2D eigenvalue weighted by atomic mass is 10.1. The number of rotatable bonds is 6. The van der Waals surface area contributed by atoms with Gasteiger partial charge < -0.3 is 10.1 Å². The van der Waals surface area contributed by atoms with Crippen molar-refractivity contribution < 1.29 is 4.74 Å². The SMILES string of the molecule is COc1cccc(CCNc2cc(Br)nc(C3CC3)n2)c1. The molecule has 1 fully saturated rings. The monoisotopic (exact) mass is 347 g/mol. The number of nitrogens with zero attached hydrogens (tertiary/aromatic N) is 2. The molecule has 110 valence electrons. The number of halogens is 1. The van der Waals surface area contributed by atoms with E-state index in [0.717, 1.165) is 35.0 Å². The first-order valence-electron chi connectivity index (χ1n) is 7.16. The molecule has 0 unspecified atom stereocenters. The van der Waals surface area contributed by atoms with Crippen LogP contribution in [0.4, 0.5) is 5.82 Å². The Bertz CT molecular complexity index is 629. The molecule has 1 aromatic heterocycles. The Morgan fingerprint density at radius 1 is 1.29 bits per heavy atom. The fourth-order valence-corrected chi connectivity index (χ4v) is 2.61. The average Bonchev–Trinajstić information content (AvgIpc) is 3.32. The third-order valence-electron chi connectivity index (χ3n) is 3.51. The molecule has 0 bridgehead atoms. The van der Waals surface area contributed by atoms with E-state index < -0.39 is 0 Å². The summed E-state index contributed by atoms with van der Waals surface area (Å²) in [5, 5.41) is 3.37. The summed E-state index contributed by atoms with van der Waals surface area (Å²) in [5.74, 6) is 3.30. The van der Waals surface area contributed by atoms with E-state index in [0.29, 0.717) is 5.92 Å². The second-order valence-corrected chi connectivity index (χ2v) is 6.05. The van der Waals surface area contributed by atoms with Gasteiger partial charge in [0.1, 0.15) is 22.0 Å². The summed E-state index contributed by atoms with van der Waals surface area (Å²) in [6.45, 7) is 0.834. The molecular formula is C16H18BrN3O. The Morgan fingerprint density at radius 3 is 2.90 bits per heavy atom. The zero-order chi connectivity index (χ0) is 14.7. The maximum Gasteiger partial charge on any atom is 0.135 e. The van der Waals surface area contributed by atoms with Gasteiger partial charge in [0.2, 0.25) is 0 Å². The number of nitrogens with one attached hydrogen (secondary N) is 1. The van der Waals surface area contributed by atoms with Crippen LogP contribution < -0.4 is 10.1 Å². The number of ether oxygens (including phenoxy) is 1. The molecule has 5 heteroatoms. The summed E-state index contributed by atoms with van der Waals surface area (Å²) in [5.41, 5.74) is 1.25. The van der Waals surface area contributed by atoms with Crippen molar-refractivity contribution in [2.75, 3.05) is 19.0 Å². The summed E-state index contributed by atoms with van der Waals surface area (Å²) in [7, 11) is 1.69. The quantitative estimate of drug-likeness (QED) is 0.807. The topological polar surface area (TPSA) is 47.0 Å². The van der Waals surface area contributed by atoms with Gasteiger partial charge in [-0.1, -0.05) is 12.1 Å². The third kappa shape index (κ3) is 3.94. The van der Waals surface area contributed by atoms with Crippen LogP contribution in [0.15, 0.2) is 34.9 Å². The van der Waals surface area contributed by atoms with Crippen molar-refractivity contribution in [1.29, 1.82) is 0 Å². The van der Waals surface area contributed by atoms with E-state index in [9.17, 15) is 0 Å². The maximum atomic E-state index is 5.24. The molecule has 2 aromatic rings. The van der Waals surface area contributed by atoms with Gasteiger partial charge in [-0.15, -0.1) is 0 Å². The van der Waals surface area contributed by atoms with Crippen LogP contribution in [0.3, 0.4) is 0 Å². The lowest BCUT2D eigenvalue weighted by Crippen LogP contribution is -2.08. The first kappa shape index (κ1) is 14.3. The predicted octanol–water partition coefficient (Wildman–Crippen LogP) is 3.78. The molecule has 1 aromatic carbocycles. The van der Waals surface area contributed by atoms with E-state index in [-0.39, 0.29) is 0 Å². The fraction of sp³-hybridized carbons (Fsp3) is 0.375. The summed E-state index contributed by atoms with van der Waals surface area (Å²) >= 11 is 3.46. The van der Waals surface area contributed by atoms with Crippen molar-refractivity contribution in [3.8, 4) is 5.75 Å². The highest BCUT2D eigenvalue weighted by Gasteiger charge is 2.27. The highest BCUT2D eigenvalue weighted by atomic mass is 79.9. The average molecular weight is 348 g/mol. The highest BCUT2D eigenvalue weighted by Crippen LogP contribution is 2.38. The maximum absolute atomic E-state index is 5.24. The van der Waals surface area contributed by atoms with Crippen LogP contribution in [0, 0.1) is 0 Å². The molecule has 21 heavy (non-hydrogen) atoms. The van der Waals surface area contributed by atoms with Crippen LogP contribution in [0.2, 0.25) is 0 Å². The van der Waals surface area contributed by atoms with E-state index in [1.165, 1.54) is 18.4 Å². The van der Waals surface area contributed by atoms with Gasteiger partial charge in [0, 0.05) is 18.5 Å². The van der Waals surface area contributed by atoms with Crippen molar-refractivity contribution >= 4 is 21.7 Å².